The molecule has 0 heterocycles. The van der Waals surface area contributed by atoms with Gasteiger partial charge in [0.15, 0.2) is 0 Å². The van der Waals surface area contributed by atoms with Crippen LogP contribution in [0.5, 0.6) is 0 Å². The van der Waals surface area contributed by atoms with Gasteiger partial charge in [0.05, 0.1) is 5.56 Å². The highest BCUT2D eigenvalue weighted by Gasteiger charge is 2.27. The third-order valence-corrected chi connectivity index (χ3v) is 2.72. The van der Waals surface area contributed by atoms with Gasteiger partial charge in [-0.2, -0.15) is 5.26 Å². The molecular weight excluding hydrogens is 207 g/mol. The van der Waals surface area contributed by atoms with Gasteiger partial charge in [-0.1, -0.05) is 19.9 Å². The van der Waals surface area contributed by atoms with Crippen LogP contribution in [0.25, 0.3) is 0 Å². The first-order valence-electron chi connectivity index (χ1n) is 4.98. The third-order valence-electron chi connectivity index (χ3n) is 2.72. The number of aliphatic hydroxyl groups is 1. The molecule has 0 unspecified atom stereocenters. The summed E-state index contributed by atoms with van der Waals surface area (Å²) in [6.45, 7) is 3.55. The van der Waals surface area contributed by atoms with Crippen molar-refractivity contribution in [1.29, 1.82) is 5.26 Å². The van der Waals surface area contributed by atoms with Crippen LogP contribution < -0.4 is 5.73 Å². The summed E-state index contributed by atoms with van der Waals surface area (Å²) in [6, 6.07) is 5.52. The molecule has 16 heavy (non-hydrogen) atoms. The lowest BCUT2D eigenvalue weighted by Crippen LogP contribution is -2.32. The molecule has 0 saturated heterocycles. The lowest BCUT2D eigenvalue weighted by atomic mass is 9.81. The van der Waals surface area contributed by atoms with E-state index in [1.165, 1.54) is 18.2 Å². The molecule has 3 N–H and O–H groups in total. The molecule has 1 atom stereocenters. The molecular formula is C12H15FN2O. The van der Waals surface area contributed by atoms with Gasteiger partial charge in [0.25, 0.3) is 0 Å². The first-order valence-corrected chi connectivity index (χ1v) is 4.98. The Hall–Kier alpha value is -1.44. The summed E-state index contributed by atoms with van der Waals surface area (Å²) < 4.78 is 13.1. The Morgan fingerprint density at radius 2 is 2.19 bits per heavy atom. The average molecular weight is 222 g/mol. The van der Waals surface area contributed by atoms with E-state index in [4.69, 9.17) is 11.0 Å². The maximum atomic E-state index is 13.1. The Labute approximate surface area is 94.3 Å². The summed E-state index contributed by atoms with van der Waals surface area (Å²) in [5, 5.41) is 17.9. The molecule has 0 bridgehead atoms. The van der Waals surface area contributed by atoms with E-state index in [-0.39, 0.29) is 12.2 Å². The number of aliphatic hydroxyl groups excluding tert-OH is 1. The summed E-state index contributed by atoms with van der Waals surface area (Å²) in [7, 11) is 0. The maximum Gasteiger partial charge on any atom is 0.140 e. The topological polar surface area (TPSA) is 70.0 Å². The first kappa shape index (κ1) is 12.6. The minimum Gasteiger partial charge on any atom is -0.396 e. The van der Waals surface area contributed by atoms with Crippen LogP contribution in [0.1, 0.15) is 31.0 Å². The molecule has 0 aliphatic rings. The molecule has 0 amide bonds. The number of nitrogens with zero attached hydrogens (tertiary/aromatic N) is 1. The molecule has 0 aliphatic heterocycles. The zero-order valence-corrected chi connectivity index (χ0v) is 9.37. The van der Waals surface area contributed by atoms with Crippen LogP contribution in [-0.2, 0) is 0 Å². The van der Waals surface area contributed by atoms with Crippen molar-refractivity contribution in [2.24, 2.45) is 11.1 Å². The number of rotatable bonds is 3. The monoisotopic (exact) mass is 222 g/mol. The number of benzene rings is 1. The van der Waals surface area contributed by atoms with Crippen molar-refractivity contribution in [3.05, 3.63) is 35.1 Å². The molecule has 1 rings (SSSR count). The highest BCUT2D eigenvalue weighted by Crippen LogP contribution is 2.31. The summed E-state index contributed by atoms with van der Waals surface area (Å²) in [5.41, 5.74) is 6.08. The standard InChI is InChI=1S/C12H15FN2O/c1-12(2,7-16)11(15)8-3-4-10(13)9(5-8)6-14/h3-5,11,16H,7,15H2,1-2H3/t11-/m1/s1. The molecule has 3 nitrogen and oxygen atoms in total. The minimum atomic E-state index is -0.555. The van der Waals surface area contributed by atoms with Gasteiger partial charge in [-0.3, -0.25) is 0 Å². The Morgan fingerprint density at radius 3 is 2.69 bits per heavy atom. The van der Waals surface area contributed by atoms with Gasteiger partial charge in [0, 0.05) is 18.1 Å². The van der Waals surface area contributed by atoms with E-state index in [9.17, 15) is 9.50 Å². The quantitative estimate of drug-likeness (QED) is 0.818. The van der Waals surface area contributed by atoms with Crippen molar-refractivity contribution in [2.45, 2.75) is 19.9 Å². The van der Waals surface area contributed by atoms with Crippen LogP contribution in [0.2, 0.25) is 0 Å². The fourth-order valence-corrected chi connectivity index (χ4v) is 1.37. The third kappa shape index (κ3) is 2.38. The molecule has 1 aromatic carbocycles. The second-order valence-corrected chi connectivity index (χ2v) is 4.48. The summed E-state index contributed by atoms with van der Waals surface area (Å²) >= 11 is 0. The van der Waals surface area contributed by atoms with Crippen molar-refractivity contribution >= 4 is 0 Å². The summed E-state index contributed by atoms with van der Waals surface area (Å²) in [5.74, 6) is -0.555. The molecule has 0 radical (unpaired) electrons. The Kier molecular flexibility index (Phi) is 3.63. The fraction of sp³-hybridized carbons (Fsp3) is 0.417. The minimum absolute atomic E-state index is 0.0262. The van der Waals surface area contributed by atoms with Crippen molar-refractivity contribution in [1.82, 2.24) is 0 Å². The zero-order valence-electron chi connectivity index (χ0n) is 9.37. The van der Waals surface area contributed by atoms with E-state index in [1.807, 2.05) is 13.8 Å². The van der Waals surface area contributed by atoms with E-state index in [1.54, 1.807) is 6.07 Å². The van der Waals surface area contributed by atoms with Crippen LogP contribution in [0.15, 0.2) is 18.2 Å². The second-order valence-electron chi connectivity index (χ2n) is 4.48. The number of nitrogens with two attached hydrogens (primary N) is 1. The number of hydrogen-bond donors (Lipinski definition) is 2. The van der Waals surface area contributed by atoms with Crippen LogP contribution in [0, 0.1) is 22.6 Å². The fourth-order valence-electron chi connectivity index (χ4n) is 1.37. The summed E-state index contributed by atoms with van der Waals surface area (Å²) in [4.78, 5) is 0. The van der Waals surface area contributed by atoms with Gasteiger partial charge >= 0.3 is 0 Å². The van der Waals surface area contributed by atoms with Crippen LogP contribution in [-0.4, -0.2) is 11.7 Å². The molecule has 1 aromatic rings. The van der Waals surface area contributed by atoms with Crippen LogP contribution in [0.4, 0.5) is 4.39 Å². The van der Waals surface area contributed by atoms with E-state index in [0.29, 0.717) is 5.56 Å². The second kappa shape index (κ2) is 4.60. The SMILES string of the molecule is CC(C)(CO)[C@H](N)c1ccc(F)c(C#N)c1. The molecule has 86 valence electrons. The Balaban J connectivity index is 3.11. The average Bonchev–Trinajstić information content (AvgIpc) is 2.28. The van der Waals surface area contributed by atoms with Crippen LogP contribution in [0.3, 0.4) is 0 Å². The van der Waals surface area contributed by atoms with Gasteiger partial charge in [0.2, 0.25) is 0 Å². The predicted octanol–water partition coefficient (Wildman–Crippen LogP) is 1.72. The Bertz CT molecular complexity index is 424. The van der Waals surface area contributed by atoms with Crippen molar-refractivity contribution in [2.75, 3.05) is 6.61 Å². The summed E-state index contributed by atoms with van der Waals surface area (Å²) in [6.07, 6.45) is 0. The molecule has 0 saturated carbocycles. The van der Waals surface area contributed by atoms with E-state index in [0.717, 1.165) is 0 Å². The van der Waals surface area contributed by atoms with E-state index < -0.39 is 17.3 Å². The Morgan fingerprint density at radius 1 is 1.56 bits per heavy atom. The van der Waals surface area contributed by atoms with Gasteiger partial charge < -0.3 is 10.8 Å². The van der Waals surface area contributed by atoms with Gasteiger partial charge in [-0.05, 0) is 17.7 Å². The number of nitriles is 1. The smallest absolute Gasteiger partial charge is 0.140 e. The normalized spacial score (nSPS) is 13.2. The molecule has 0 fully saturated rings. The van der Waals surface area contributed by atoms with Crippen molar-refractivity contribution in [3.8, 4) is 6.07 Å². The highest BCUT2D eigenvalue weighted by atomic mass is 19.1. The highest BCUT2D eigenvalue weighted by molar-refractivity contribution is 5.36. The van der Waals surface area contributed by atoms with Gasteiger partial charge in [-0.15, -0.1) is 0 Å². The number of hydrogen-bond acceptors (Lipinski definition) is 3. The lowest BCUT2D eigenvalue weighted by molar-refractivity contribution is 0.132. The molecule has 4 heteroatoms. The zero-order chi connectivity index (χ0) is 12.3. The maximum absolute atomic E-state index is 13.1. The largest absolute Gasteiger partial charge is 0.396 e. The van der Waals surface area contributed by atoms with Crippen molar-refractivity contribution in [3.63, 3.8) is 0 Å². The van der Waals surface area contributed by atoms with Gasteiger partial charge in [0.1, 0.15) is 11.9 Å². The van der Waals surface area contributed by atoms with Crippen LogP contribution >= 0.6 is 0 Å². The first-order chi connectivity index (χ1) is 7.42. The number of halogens is 1. The van der Waals surface area contributed by atoms with E-state index in [2.05, 4.69) is 0 Å². The lowest BCUT2D eigenvalue weighted by Gasteiger charge is -2.29. The van der Waals surface area contributed by atoms with Gasteiger partial charge in [-0.25, -0.2) is 4.39 Å². The molecule has 0 aromatic heterocycles. The molecule has 0 spiro atoms. The predicted molar refractivity (Wildman–Crippen MR) is 58.9 cm³/mol. The molecule has 0 aliphatic carbocycles. The van der Waals surface area contributed by atoms with Crippen molar-refractivity contribution < 1.29 is 9.50 Å². The van der Waals surface area contributed by atoms with E-state index >= 15 is 0 Å².